The van der Waals surface area contributed by atoms with E-state index in [0.717, 1.165) is 31.6 Å². The van der Waals surface area contributed by atoms with Crippen molar-refractivity contribution in [2.75, 3.05) is 13.1 Å². The molecule has 2 heterocycles. The predicted molar refractivity (Wildman–Crippen MR) is 83.6 cm³/mol. The van der Waals surface area contributed by atoms with Crippen molar-refractivity contribution in [3.63, 3.8) is 0 Å². The van der Waals surface area contributed by atoms with Gasteiger partial charge in [-0.1, -0.05) is 0 Å². The standard InChI is InChI=1S/C16H21N5O/c1-12(17)14-3-2-8-20(9-14)16(22)13-4-6-15(7-5-13)21-11-18-10-19-21/h4-7,10-12,14H,2-3,8-9,17H2,1H3/t12-,14+/m0/s1. The van der Waals surface area contributed by atoms with E-state index >= 15 is 0 Å². The quantitative estimate of drug-likeness (QED) is 0.931. The van der Waals surface area contributed by atoms with Crippen LogP contribution in [0, 0.1) is 5.92 Å². The molecule has 0 saturated carbocycles. The molecule has 22 heavy (non-hydrogen) atoms. The zero-order valence-corrected chi connectivity index (χ0v) is 12.7. The summed E-state index contributed by atoms with van der Waals surface area (Å²) in [6.07, 6.45) is 5.25. The minimum Gasteiger partial charge on any atom is -0.338 e. The molecule has 2 atom stereocenters. The van der Waals surface area contributed by atoms with Gasteiger partial charge in [0.15, 0.2) is 0 Å². The number of rotatable bonds is 3. The molecule has 1 aliphatic heterocycles. The van der Waals surface area contributed by atoms with Gasteiger partial charge in [0.05, 0.1) is 5.69 Å². The van der Waals surface area contributed by atoms with E-state index in [1.807, 2.05) is 36.1 Å². The first kappa shape index (κ1) is 14.7. The van der Waals surface area contributed by atoms with Crippen molar-refractivity contribution in [2.24, 2.45) is 11.7 Å². The molecule has 2 aromatic rings. The molecule has 1 aromatic carbocycles. The van der Waals surface area contributed by atoms with E-state index in [-0.39, 0.29) is 11.9 Å². The summed E-state index contributed by atoms with van der Waals surface area (Å²) in [5, 5.41) is 4.08. The summed E-state index contributed by atoms with van der Waals surface area (Å²) in [6.45, 7) is 3.58. The Morgan fingerprint density at radius 3 is 2.77 bits per heavy atom. The molecule has 6 nitrogen and oxygen atoms in total. The lowest BCUT2D eigenvalue weighted by molar-refractivity contribution is 0.0661. The zero-order chi connectivity index (χ0) is 15.5. The van der Waals surface area contributed by atoms with Crippen LogP contribution >= 0.6 is 0 Å². The third kappa shape index (κ3) is 3.01. The van der Waals surface area contributed by atoms with Gasteiger partial charge in [0.25, 0.3) is 5.91 Å². The fourth-order valence-corrected chi connectivity index (χ4v) is 2.90. The highest BCUT2D eigenvalue weighted by Gasteiger charge is 2.26. The molecule has 3 rings (SSSR count). The first-order valence-corrected chi connectivity index (χ1v) is 7.65. The summed E-state index contributed by atoms with van der Waals surface area (Å²) in [7, 11) is 0. The molecule has 0 aliphatic carbocycles. The van der Waals surface area contributed by atoms with E-state index < -0.39 is 0 Å². The number of amides is 1. The highest BCUT2D eigenvalue weighted by molar-refractivity contribution is 5.94. The van der Waals surface area contributed by atoms with Crippen LogP contribution in [0.3, 0.4) is 0 Å². The van der Waals surface area contributed by atoms with Gasteiger partial charge < -0.3 is 10.6 Å². The average Bonchev–Trinajstić information content (AvgIpc) is 3.09. The average molecular weight is 299 g/mol. The molecule has 0 bridgehead atoms. The minimum absolute atomic E-state index is 0.0792. The van der Waals surface area contributed by atoms with Gasteiger partial charge in [-0.25, -0.2) is 9.67 Å². The zero-order valence-electron chi connectivity index (χ0n) is 12.7. The van der Waals surface area contributed by atoms with Crippen LogP contribution in [0.15, 0.2) is 36.9 Å². The number of nitrogens with two attached hydrogens (primary N) is 1. The maximum atomic E-state index is 12.6. The van der Waals surface area contributed by atoms with Gasteiger partial charge in [-0.15, -0.1) is 0 Å². The summed E-state index contributed by atoms with van der Waals surface area (Å²) in [4.78, 5) is 18.5. The molecule has 1 saturated heterocycles. The van der Waals surface area contributed by atoms with Crippen molar-refractivity contribution in [3.8, 4) is 5.69 Å². The molecular weight excluding hydrogens is 278 g/mol. The monoisotopic (exact) mass is 299 g/mol. The van der Waals surface area contributed by atoms with E-state index in [9.17, 15) is 4.79 Å². The Morgan fingerprint density at radius 2 is 2.14 bits per heavy atom. The number of aromatic nitrogens is 3. The van der Waals surface area contributed by atoms with Crippen LogP contribution in [0.1, 0.15) is 30.1 Å². The number of likely N-dealkylation sites (tertiary alicyclic amines) is 1. The second-order valence-electron chi connectivity index (χ2n) is 5.90. The van der Waals surface area contributed by atoms with Crippen LogP contribution in [0.2, 0.25) is 0 Å². The van der Waals surface area contributed by atoms with Crippen LogP contribution in [-0.2, 0) is 0 Å². The number of benzene rings is 1. The smallest absolute Gasteiger partial charge is 0.253 e. The summed E-state index contributed by atoms with van der Waals surface area (Å²) >= 11 is 0. The van der Waals surface area contributed by atoms with Gasteiger partial charge in [0, 0.05) is 24.7 Å². The third-order valence-corrected chi connectivity index (χ3v) is 4.29. The number of carbonyl (C=O) groups excluding carboxylic acids is 1. The van der Waals surface area contributed by atoms with Gasteiger partial charge in [0.1, 0.15) is 12.7 Å². The molecule has 116 valence electrons. The minimum atomic E-state index is 0.0792. The maximum Gasteiger partial charge on any atom is 0.253 e. The molecule has 1 aliphatic rings. The second kappa shape index (κ2) is 6.27. The Balaban J connectivity index is 1.72. The lowest BCUT2D eigenvalue weighted by Crippen LogP contribution is -2.45. The maximum absolute atomic E-state index is 12.6. The molecule has 1 fully saturated rings. The summed E-state index contributed by atoms with van der Waals surface area (Å²) in [6, 6.07) is 7.58. The lowest BCUT2D eigenvalue weighted by atomic mass is 9.92. The fraction of sp³-hybridized carbons (Fsp3) is 0.438. The Bertz CT molecular complexity index is 620. The van der Waals surface area contributed by atoms with Crippen molar-refractivity contribution in [2.45, 2.75) is 25.8 Å². The van der Waals surface area contributed by atoms with Crippen LogP contribution < -0.4 is 5.73 Å². The van der Waals surface area contributed by atoms with E-state index in [1.165, 1.54) is 6.33 Å². The number of carbonyl (C=O) groups is 1. The summed E-state index contributed by atoms with van der Waals surface area (Å²) in [5.41, 5.74) is 7.58. The normalized spacial score (nSPS) is 19.9. The highest BCUT2D eigenvalue weighted by Crippen LogP contribution is 2.21. The second-order valence-corrected chi connectivity index (χ2v) is 5.90. The van der Waals surface area contributed by atoms with Crippen LogP contribution in [-0.4, -0.2) is 44.7 Å². The number of hydrogen-bond acceptors (Lipinski definition) is 4. The van der Waals surface area contributed by atoms with Crippen LogP contribution in [0.25, 0.3) is 5.69 Å². The van der Waals surface area contributed by atoms with E-state index in [2.05, 4.69) is 10.1 Å². The third-order valence-electron chi connectivity index (χ3n) is 4.29. The summed E-state index contributed by atoms with van der Waals surface area (Å²) in [5.74, 6) is 0.475. The number of nitrogens with zero attached hydrogens (tertiary/aromatic N) is 4. The summed E-state index contributed by atoms with van der Waals surface area (Å²) < 4.78 is 1.67. The molecule has 1 aromatic heterocycles. The molecule has 0 unspecified atom stereocenters. The van der Waals surface area contributed by atoms with Crippen molar-refractivity contribution in [1.82, 2.24) is 19.7 Å². The molecule has 2 N–H and O–H groups in total. The SMILES string of the molecule is C[C@H](N)[C@@H]1CCCN(C(=O)c2ccc(-n3cncn3)cc2)C1. The van der Waals surface area contributed by atoms with Gasteiger partial charge in [-0.05, 0) is 49.9 Å². The van der Waals surface area contributed by atoms with Crippen molar-refractivity contribution < 1.29 is 4.79 Å². The van der Waals surface area contributed by atoms with E-state index in [1.54, 1.807) is 11.0 Å². The van der Waals surface area contributed by atoms with E-state index in [0.29, 0.717) is 11.5 Å². The Kier molecular flexibility index (Phi) is 4.20. The van der Waals surface area contributed by atoms with Gasteiger partial charge in [-0.3, -0.25) is 4.79 Å². The molecular formula is C16H21N5O. The number of hydrogen-bond donors (Lipinski definition) is 1. The van der Waals surface area contributed by atoms with Crippen LogP contribution in [0.4, 0.5) is 0 Å². The topological polar surface area (TPSA) is 77.0 Å². The largest absolute Gasteiger partial charge is 0.338 e. The lowest BCUT2D eigenvalue weighted by Gasteiger charge is -2.34. The van der Waals surface area contributed by atoms with Gasteiger partial charge in [-0.2, -0.15) is 5.10 Å². The van der Waals surface area contributed by atoms with E-state index in [4.69, 9.17) is 5.73 Å². The van der Waals surface area contributed by atoms with Gasteiger partial charge in [0.2, 0.25) is 0 Å². The molecule has 6 heteroatoms. The fourth-order valence-electron chi connectivity index (χ4n) is 2.90. The Hall–Kier alpha value is -2.21. The molecule has 0 radical (unpaired) electrons. The van der Waals surface area contributed by atoms with Crippen molar-refractivity contribution in [1.29, 1.82) is 0 Å². The Labute approximate surface area is 129 Å². The Morgan fingerprint density at radius 1 is 1.36 bits per heavy atom. The number of piperidine rings is 1. The first-order chi connectivity index (χ1) is 10.6. The molecule has 0 spiro atoms. The van der Waals surface area contributed by atoms with Crippen LogP contribution in [0.5, 0.6) is 0 Å². The van der Waals surface area contributed by atoms with Gasteiger partial charge >= 0.3 is 0 Å². The first-order valence-electron chi connectivity index (χ1n) is 7.65. The van der Waals surface area contributed by atoms with Crippen molar-refractivity contribution >= 4 is 5.91 Å². The predicted octanol–water partition coefficient (Wildman–Crippen LogP) is 1.47. The highest BCUT2D eigenvalue weighted by atomic mass is 16.2. The van der Waals surface area contributed by atoms with Crippen molar-refractivity contribution in [3.05, 3.63) is 42.5 Å². The molecule has 1 amide bonds.